The molecule has 0 aliphatic heterocycles. The van der Waals surface area contributed by atoms with Gasteiger partial charge in [0.05, 0.1) is 10.5 Å². The molecule has 2 rings (SSSR count). The number of sulfonamides is 1. The summed E-state index contributed by atoms with van der Waals surface area (Å²) in [5, 5.41) is 8.96. The lowest BCUT2D eigenvalue weighted by Crippen LogP contribution is -2.47. The fourth-order valence-corrected chi connectivity index (χ4v) is 3.46. The van der Waals surface area contributed by atoms with Crippen molar-refractivity contribution in [1.29, 1.82) is 0 Å². The van der Waals surface area contributed by atoms with Gasteiger partial charge in [0.15, 0.2) is 0 Å². The van der Waals surface area contributed by atoms with Crippen molar-refractivity contribution in [1.82, 2.24) is 4.72 Å². The van der Waals surface area contributed by atoms with Crippen LogP contribution >= 0.6 is 0 Å². The SMILES string of the molecule is Nc1ccc(S(=O)(=O)NC2(C(F)(F)F)CC2)c(C(=O)O)c1. The van der Waals surface area contributed by atoms with E-state index >= 15 is 0 Å². The lowest BCUT2D eigenvalue weighted by molar-refractivity contribution is -0.160. The number of hydrogen-bond donors (Lipinski definition) is 3. The Kier molecular flexibility index (Phi) is 3.41. The van der Waals surface area contributed by atoms with E-state index in [1.165, 1.54) is 0 Å². The molecular weight excluding hydrogens is 313 g/mol. The van der Waals surface area contributed by atoms with Gasteiger partial charge in [0.2, 0.25) is 10.0 Å². The molecule has 0 spiro atoms. The Morgan fingerprint density at radius 3 is 2.33 bits per heavy atom. The van der Waals surface area contributed by atoms with E-state index in [2.05, 4.69) is 0 Å². The van der Waals surface area contributed by atoms with Gasteiger partial charge in [-0.3, -0.25) is 0 Å². The predicted octanol–water partition coefficient (Wildman–Crippen LogP) is 1.34. The van der Waals surface area contributed by atoms with Crippen LogP contribution in [0.2, 0.25) is 0 Å². The van der Waals surface area contributed by atoms with Gasteiger partial charge in [0.1, 0.15) is 5.54 Å². The second-order valence-electron chi connectivity index (χ2n) is 4.75. The standard InChI is InChI=1S/C11H11F3N2O4S/c12-11(13,14)10(3-4-10)16-21(19,20)8-2-1-6(15)5-7(8)9(17)18/h1-2,5,16H,3-4,15H2,(H,17,18). The molecule has 4 N–H and O–H groups in total. The molecule has 1 fully saturated rings. The Bertz CT molecular complexity index is 696. The van der Waals surface area contributed by atoms with Crippen LogP contribution in [0.1, 0.15) is 23.2 Å². The molecule has 0 aromatic heterocycles. The maximum absolute atomic E-state index is 12.8. The normalized spacial score (nSPS) is 17.5. The smallest absolute Gasteiger partial charge is 0.407 e. The molecule has 1 aliphatic rings. The van der Waals surface area contributed by atoms with E-state index in [1.54, 1.807) is 4.72 Å². The highest BCUT2D eigenvalue weighted by Crippen LogP contribution is 2.49. The van der Waals surface area contributed by atoms with Crippen molar-refractivity contribution >= 4 is 21.7 Å². The molecule has 1 aromatic carbocycles. The van der Waals surface area contributed by atoms with Gasteiger partial charge in [0.25, 0.3) is 0 Å². The molecule has 0 atom stereocenters. The largest absolute Gasteiger partial charge is 0.478 e. The molecule has 116 valence electrons. The molecule has 0 radical (unpaired) electrons. The molecule has 6 nitrogen and oxygen atoms in total. The Morgan fingerprint density at radius 2 is 1.90 bits per heavy atom. The number of benzene rings is 1. The zero-order valence-corrected chi connectivity index (χ0v) is 11.3. The monoisotopic (exact) mass is 324 g/mol. The van der Waals surface area contributed by atoms with Gasteiger partial charge in [-0.1, -0.05) is 0 Å². The lowest BCUT2D eigenvalue weighted by Gasteiger charge is -2.21. The third-order valence-electron chi connectivity index (χ3n) is 3.15. The molecule has 0 unspecified atom stereocenters. The summed E-state index contributed by atoms with van der Waals surface area (Å²) in [5.74, 6) is -1.60. The van der Waals surface area contributed by atoms with Crippen LogP contribution in [-0.2, 0) is 10.0 Å². The van der Waals surface area contributed by atoms with Crippen LogP contribution in [0.25, 0.3) is 0 Å². The topological polar surface area (TPSA) is 109 Å². The minimum atomic E-state index is -4.74. The van der Waals surface area contributed by atoms with Crippen LogP contribution in [0, 0.1) is 0 Å². The summed E-state index contributed by atoms with van der Waals surface area (Å²) in [6.07, 6.45) is -5.50. The summed E-state index contributed by atoms with van der Waals surface area (Å²) in [7, 11) is -4.64. The zero-order chi connectivity index (χ0) is 16.1. The summed E-state index contributed by atoms with van der Waals surface area (Å²) in [6, 6.07) is 2.85. The summed E-state index contributed by atoms with van der Waals surface area (Å²) in [4.78, 5) is 10.3. The number of rotatable bonds is 4. The van der Waals surface area contributed by atoms with Gasteiger partial charge >= 0.3 is 12.1 Å². The number of carbonyl (C=O) groups is 1. The van der Waals surface area contributed by atoms with E-state index in [-0.39, 0.29) is 18.5 Å². The van der Waals surface area contributed by atoms with Crippen LogP contribution in [0.5, 0.6) is 0 Å². The number of aromatic carboxylic acids is 1. The van der Waals surface area contributed by atoms with Gasteiger partial charge in [-0.05, 0) is 31.0 Å². The molecule has 10 heteroatoms. The molecule has 1 saturated carbocycles. The Morgan fingerprint density at radius 1 is 1.33 bits per heavy atom. The number of carboxylic acid groups (broad SMARTS) is 1. The van der Waals surface area contributed by atoms with Gasteiger partial charge in [-0.25, -0.2) is 13.2 Å². The first-order valence-electron chi connectivity index (χ1n) is 5.72. The van der Waals surface area contributed by atoms with Gasteiger partial charge in [-0.15, -0.1) is 0 Å². The number of halogens is 3. The molecule has 1 aromatic rings. The molecule has 0 bridgehead atoms. The van der Waals surface area contributed by atoms with Crippen molar-refractivity contribution < 1.29 is 31.5 Å². The second kappa shape index (κ2) is 4.60. The van der Waals surface area contributed by atoms with E-state index < -0.39 is 38.2 Å². The number of hydrogen-bond acceptors (Lipinski definition) is 4. The number of anilines is 1. The van der Waals surface area contributed by atoms with Crippen molar-refractivity contribution in [2.45, 2.75) is 29.5 Å². The van der Waals surface area contributed by atoms with Gasteiger partial charge in [-0.2, -0.15) is 17.9 Å². The van der Waals surface area contributed by atoms with Crippen molar-refractivity contribution in [2.24, 2.45) is 0 Å². The van der Waals surface area contributed by atoms with Crippen molar-refractivity contribution in [3.63, 3.8) is 0 Å². The zero-order valence-electron chi connectivity index (χ0n) is 10.4. The van der Waals surface area contributed by atoms with E-state index in [1.807, 2.05) is 0 Å². The first kappa shape index (κ1) is 15.6. The van der Waals surface area contributed by atoms with E-state index in [4.69, 9.17) is 10.8 Å². The Hall–Kier alpha value is -1.81. The summed E-state index contributed by atoms with van der Waals surface area (Å²) >= 11 is 0. The highest BCUT2D eigenvalue weighted by Gasteiger charge is 2.65. The fourth-order valence-electron chi connectivity index (χ4n) is 1.83. The number of carboxylic acids is 1. The first-order chi connectivity index (χ1) is 9.48. The third kappa shape index (κ3) is 2.81. The third-order valence-corrected chi connectivity index (χ3v) is 4.74. The molecular formula is C11H11F3N2O4S. The van der Waals surface area contributed by atoms with Gasteiger partial charge in [0, 0.05) is 5.69 Å². The predicted molar refractivity (Wildman–Crippen MR) is 66.2 cm³/mol. The summed E-state index contributed by atoms with van der Waals surface area (Å²) in [6.45, 7) is 0. The summed E-state index contributed by atoms with van der Waals surface area (Å²) < 4.78 is 64.1. The first-order valence-corrected chi connectivity index (χ1v) is 7.20. The van der Waals surface area contributed by atoms with Crippen molar-refractivity contribution in [2.75, 3.05) is 5.73 Å². The highest BCUT2D eigenvalue weighted by atomic mass is 32.2. The number of alkyl halides is 3. The average Bonchev–Trinajstić information content (AvgIpc) is 3.08. The number of nitrogens with one attached hydrogen (secondary N) is 1. The molecule has 0 amide bonds. The lowest BCUT2D eigenvalue weighted by atomic mass is 10.2. The van der Waals surface area contributed by atoms with E-state index in [9.17, 15) is 26.4 Å². The fraction of sp³-hybridized carbons (Fsp3) is 0.364. The maximum atomic E-state index is 12.8. The number of nitrogen functional groups attached to an aromatic ring is 1. The quantitative estimate of drug-likeness (QED) is 0.724. The van der Waals surface area contributed by atoms with Crippen LogP contribution < -0.4 is 10.5 Å². The molecule has 1 aliphatic carbocycles. The minimum Gasteiger partial charge on any atom is -0.478 e. The van der Waals surface area contributed by atoms with E-state index in [0.29, 0.717) is 0 Å². The van der Waals surface area contributed by atoms with Crippen LogP contribution in [-0.4, -0.2) is 31.2 Å². The maximum Gasteiger partial charge on any atom is 0.407 e. The van der Waals surface area contributed by atoms with E-state index in [0.717, 1.165) is 18.2 Å². The average molecular weight is 324 g/mol. The Labute approximate surface area is 117 Å². The van der Waals surface area contributed by atoms with Crippen LogP contribution in [0.3, 0.4) is 0 Å². The van der Waals surface area contributed by atoms with Crippen molar-refractivity contribution in [3.05, 3.63) is 23.8 Å². The molecule has 0 heterocycles. The van der Waals surface area contributed by atoms with Gasteiger partial charge < -0.3 is 10.8 Å². The van der Waals surface area contributed by atoms with Crippen LogP contribution in [0.4, 0.5) is 18.9 Å². The molecule has 0 saturated heterocycles. The summed E-state index contributed by atoms with van der Waals surface area (Å²) in [5.41, 5.74) is 2.16. The highest BCUT2D eigenvalue weighted by molar-refractivity contribution is 7.89. The Balaban J connectivity index is 2.44. The second-order valence-corrected chi connectivity index (χ2v) is 6.40. The number of nitrogens with two attached hydrogens (primary N) is 1. The van der Waals surface area contributed by atoms with Crippen LogP contribution in [0.15, 0.2) is 23.1 Å². The minimum absolute atomic E-state index is 0.0108. The van der Waals surface area contributed by atoms with Crippen molar-refractivity contribution in [3.8, 4) is 0 Å². The molecule has 21 heavy (non-hydrogen) atoms.